The number of ether oxygens (including phenoxy) is 1. The van der Waals surface area contributed by atoms with E-state index in [2.05, 4.69) is 46.8 Å². The number of methoxy groups -OCH3 is 1. The molecule has 1 aromatic heterocycles. The Bertz CT molecular complexity index is 949. The average Bonchev–Trinajstić information content (AvgIpc) is 3.20. The van der Waals surface area contributed by atoms with Gasteiger partial charge in [-0.3, -0.25) is 4.79 Å². The standard InChI is InChI=1S/C21H24N4O3/c1-13(2)14-5-7-15(8-6-14)20-24-19(28-25-20)12-23-17-11-16(21(26)22-3)9-10-18(17)27-4/h5-11,13,23H,12H2,1-4H3,(H,22,26). The first-order chi connectivity index (χ1) is 13.5. The van der Waals surface area contributed by atoms with Gasteiger partial charge in [0.2, 0.25) is 11.7 Å². The summed E-state index contributed by atoms with van der Waals surface area (Å²) in [5.41, 5.74) is 3.36. The van der Waals surface area contributed by atoms with Gasteiger partial charge in [-0.1, -0.05) is 43.3 Å². The van der Waals surface area contributed by atoms with Gasteiger partial charge in [-0.15, -0.1) is 0 Å². The highest BCUT2D eigenvalue weighted by Crippen LogP contribution is 2.26. The summed E-state index contributed by atoms with van der Waals surface area (Å²) < 4.78 is 10.7. The van der Waals surface area contributed by atoms with E-state index >= 15 is 0 Å². The van der Waals surface area contributed by atoms with E-state index in [1.807, 2.05) is 12.1 Å². The summed E-state index contributed by atoms with van der Waals surface area (Å²) in [6, 6.07) is 13.3. The van der Waals surface area contributed by atoms with Crippen LogP contribution in [0.2, 0.25) is 0 Å². The van der Waals surface area contributed by atoms with Crippen molar-refractivity contribution in [2.75, 3.05) is 19.5 Å². The van der Waals surface area contributed by atoms with Crippen molar-refractivity contribution in [1.29, 1.82) is 0 Å². The highest BCUT2D eigenvalue weighted by atomic mass is 16.5. The van der Waals surface area contributed by atoms with E-state index < -0.39 is 0 Å². The van der Waals surface area contributed by atoms with E-state index in [4.69, 9.17) is 9.26 Å². The quantitative estimate of drug-likeness (QED) is 0.647. The average molecular weight is 380 g/mol. The normalized spacial score (nSPS) is 10.8. The molecular formula is C21H24N4O3. The predicted molar refractivity (Wildman–Crippen MR) is 108 cm³/mol. The fourth-order valence-electron chi connectivity index (χ4n) is 2.76. The molecule has 0 saturated heterocycles. The molecule has 0 spiro atoms. The maximum Gasteiger partial charge on any atom is 0.251 e. The molecule has 2 N–H and O–H groups in total. The molecule has 1 heterocycles. The Morgan fingerprint density at radius 3 is 2.57 bits per heavy atom. The van der Waals surface area contributed by atoms with Gasteiger partial charge < -0.3 is 19.9 Å². The second-order valence-corrected chi connectivity index (χ2v) is 6.64. The third-order valence-electron chi connectivity index (χ3n) is 4.42. The van der Waals surface area contributed by atoms with Gasteiger partial charge in [0.1, 0.15) is 5.75 Å². The minimum absolute atomic E-state index is 0.171. The van der Waals surface area contributed by atoms with E-state index in [-0.39, 0.29) is 5.91 Å². The molecule has 1 amide bonds. The van der Waals surface area contributed by atoms with Crippen LogP contribution in [-0.4, -0.2) is 30.2 Å². The second kappa shape index (κ2) is 8.56. The van der Waals surface area contributed by atoms with Crippen LogP contribution < -0.4 is 15.4 Å². The van der Waals surface area contributed by atoms with Crippen molar-refractivity contribution in [1.82, 2.24) is 15.5 Å². The van der Waals surface area contributed by atoms with Crippen molar-refractivity contribution >= 4 is 11.6 Å². The number of rotatable bonds is 7. The van der Waals surface area contributed by atoms with Gasteiger partial charge in [-0.05, 0) is 29.7 Å². The van der Waals surface area contributed by atoms with Gasteiger partial charge in [-0.2, -0.15) is 4.98 Å². The van der Waals surface area contributed by atoms with Crippen molar-refractivity contribution in [2.24, 2.45) is 0 Å². The van der Waals surface area contributed by atoms with Crippen LogP contribution in [0.3, 0.4) is 0 Å². The summed E-state index contributed by atoms with van der Waals surface area (Å²) in [6.07, 6.45) is 0. The number of carbonyl (C=O) groups is 1. The topological polar surface area (TPSA) is 89.3 Å². The number of nitrogens with zero attached hydrogens (tertiary/aromatic N) is 2. The van der Waals surface area contributed by atoms with Crippen molar-refractivity contribution in [3.63, 3.8) is 0 Å². The lowest BCUT2D eigenvalue weighted by Crippen LogP contribution is -2.18. The molecule has 7 heteroatoms. The lowest BCUT2D eigenvalue weighted by atomic mass is 10.0. The van der Waals surface area contributed by atoms with E-state index in [9.17, 15) is 4.79 Å². The molecule has 2 aromatic carbocycles. The summed E-state index contributed by atoms with van der Waals surface area (Å²) in [4.78, 5) is 16.3. The molecule has 146 valence electrons. The van der Waals surface area contributed by atoms with Crippen molar-refractivity contribution in [3.8, 4) is 17.1 Å². The Kier molecular flexibility index (Phi) is 5.93. The molecule has 28 heavy (non-hydrogen) atoms. The van der Waals surface area contributed by atoms with Gasteiger partial charge in [0.15, 0.2) is 0 Å². The molecule has 7 nitrogen and oxygen atoms in total. The summed E-state index contributed by atoms with van der Waals surface area (Å²) in [6.45, 7) is 4.62. The monoisotopic (exact) mass is 380 g/mol. The zero-order chi connectivity index (χ0) is 20.1. The molecule has 0 unspecified atom stereocenters. The molecule has 3 aromatic rings. The Hall–Kier alpha value is -3.35. The van der Waals surface area contributed by atoms with E-state index in [0.29, 0.717) is 41.2 Å². The molecule has 0 aliphatic carbocycles. The van der Waals surface area contributed by atoms with Crippen LogP contribution in [0.15, 0.2) is 47.0 Å². The molecule has 0 fully saturated rings. The molecule has 0 radical (unpaired) electrons. The number of aromatic nitrogens is 2. The maximum absolute atomic E-state index is 11.8. The van der Waals surface area contributed by atoms with Crippen LogP contribution >= 0.6 is 0 Å². The Labute approximate surface area is 164 Å². The fraction of sp³-hybridized carbons (Fsp3) is 0.286. The van der Waals surface area contributed by atoms with Crippen LogP contribution in [0.5, 0.6) is 5.75 Å². The highest BCUT2D eigenvalue weighted by molar-refractivity contribution is 5.95. The summed E-state index contributed by atoms with van der Waals surface area (Å²) in [5, 5.41) is 9.84. The first-order valence-corrected chi connectivity index (χ1v) is 9.08. The molecule has 0 bridgehead atoms. The lowest BCUT2D eigenvalue weighted by Gasteiger charge is -2.11. The fourth-order valence-corrected chi connectivity index (χ4v) is 2.76. The molecular weight excluding hydrogens is 356 g/mol. The summed E-state index contributed by atoms with van der Waals surface area (Å²) >= 11 is 0. The SMILES string of the molecule is CNC(=O)c1ccc(OC)c(NCc2nc(-c3ccc(C(C)C)cc3)no2)c1. The third-order valence-corrected chi connectivity index (χ3v) is 4.42. The highest BCUT2D eigenvalue weighted by Gasteiger charge is 2.12. The predicted octanol–water partition coefficient (Wildman–Crippen LogP) is 3.84. The van der Waals surface area contributed by atoms with Crippen molar-refractivity contribution < 1.29 is 14.1 Å². The van der Waals surface area contributed by atoms with Crippen LogP contribution in [0, 0.1) is 0 Å². The lowest BCUT2D eigenvalue weighted by molar-refractivity contribution is 0.0963. The number of nitrogens with one attached hydrogen (secondary N) is 2. The first kappa shape index (κ1) is 19.4. The maximum atomic E-state index is 11.8. The van der Waals surface area contributed by atoms with Crippen LogP contribution in [0.25, 0.3) is 11.4 Å². The molecule has 0 aliphatic rings. The smallest absolute Gasteiger partial charge is 0.251 e. The van der Waals surface area contributed by atoms with Crippen LogP contribution in [-0.2, 0) is 6.54 Å². The number of carbonyl (C=O) groups excluding carboxylic acids is 1. The number of benzene rings is 2. The van der Waals surface area contributed by atoms with Gasteiger partial charge in [0.05, 0.1) is 19.3 Å². The Balaban J connectivity index is 1.73. The number of hydrogen-bond acceptors (Lipinski definition) is 6. The van der Waals surface area contributed by atoms with E-state index in [1.54, 1.807) is 32.4 Å². The third kappa shape index (κ3) is 4.31. The largest absolute Gasteiger partial charge is 0.495 e. The number of hydrogen-bond donors (Lipinski definition) is 2. The summed E-state index contributed by atoms with van der Waals surface area (Å²) in [5.74, 6) is 1.90. The van der Waals surface area contributed by atoms with Crippen molar-refractivity contribution in [2.45, 2.75) is 26.3 Å². The Morgan fingerprint density at radius 1 is 1.18 bits per heavy atom. The van der Waals surface area contributed by atoms with Gasteiger partial charge in [0, 0.05) is 18.2 Å². The van der Waals surface area contributed by atoms with Gasteiger partial charge >= 0.3 is 0 Å². The number of anilines is 1. The van der Waals surface area contributed by atoms with Crippen LogP contribution in [0.1, 0.15) is 41.6 Å². The first-order valence-electron chi connectivity index (χ1n) is 9.08. The van der Waals surface area contributed by atoms with Gasteiger partial charge in [-0.25, -0.2) is 0 Å². The minimum atomic E-state index is -0.171. The molecule has 0 aliphatic heterocycles. The second-order valence-electron chi connectivity index (χ2n) is 6.64. The van der Waals surface area contributed by atoms with Gasteiger partial charge in [0.25, 0.3) is 5.91 Å². The van der Waals surface area contributed by atoms with E-state index in [0.717, 1.165) is 5.56 Å². The summed E-state index contributed by atoms with van der Waals surface area (Å²) in [7, 11) is 3.17. The zero-order valence-corrected chi connectivity index (χ0v) is 16.4. The van der Waals surface area contributed by atoms with Crippen LogP contribution in [0.4, 0.5) is 5.69 Å². The molecule has 0 saturated carbocycles. The van der Waals surface area contributed by atoms with E-state index in [1.165, 1.54) is 5.56 Å². The zero-order valence-electron chi connectivity index (χ0n) is 16.4. The minimum Gasteiger partial charge on any atom is -0.495 e. The molecule has 0 atom stereocenters. The molecule has 3 rings (SSSR count). The Morgan fingerprint density at radius 2 is 1.93 bits per heavy atom. The number of amides is 1. The van der Waals surface area contributed by atoms with Crippen molar-refractivity contribution in [3.05, 3.63) is 59.5 Å².